The SMILES string of the molecule is CC1CN(S(=O)(=O)C(C)c2cnccn2)CCN1. The monoisotopic (exact) mass is 270 g/mol. The zero-order chi connectivity index (χ0) is 13.2. The summed E-state index contributed by atoms with van der Waals surface area (Å²) in [6.45, 7) is 5.35. The van der Waals surface area contributed by atoms with Gasteiger partial charge in [-0.2, -0.15) is 4.31 Å². The second-order valence-electron chi connectivity index (χ2n) is 4.53. The predicted octanol–water partition coefficient (Wildman–Crippen LogP) is 0.161. The first kappa shape index (κ1) is 13.4. The Morgan fingerprint density at radius 1 is 1.50 bits per heavy atom. The Kier molecular flexibility index (Phi) is 3.94. The fraction of sp³-hybridized carbons (Fsp3) is 0.636. The fourth-order valence-corrected chi connectivity index (χ4v) is 3.68. The van der Waals surface area contributed by atoms with Crippen molar-refractivity contribution in [3.8, 4) is 0 Å². The molecular formula is C11H18N4O2S. The highest BCUT2D eigenvalue weighted by Gasteiger charge is 2.33. The molecule has 2 rings (SSSR count). The number of rotatable bonds is 3. The van der Waals surface area contributed by atoms with Gasteiger partial charge >= 0.3 is 0 Å². The number of sulfonamides is 1. The Hall–Kier alpha value is -1.05. The number of hydrogen-bond donors (Lipinski definition) is 1. The molecule has 0 aliphatic carbocycles. The third-order valence-electron chi connectivity index (χ3n) is 3.14. The van der Waals surface area contributed by atoms with Crippen LogP contribution in [-0.2, 0) is 10.0 Å². The first-order valence-corrected chi connectivity index (χ1v) is 7.50. The van der Waals surface area contributed by atoms with Crippen molar-refractivity contribution >= 4 is 10.0 Å². The minimum atomic E-state index is -3.36. The summed E-state index contributed by atoms with van der Waals surface area (Å²) >= 11 is 0. The highest BCUT2D eigenvalue weighted by Crippen LogP contribution is 2.23. The normalized spacial score (nSPS) is 23.8. The Balaban J connectivity index is 2.20. The summed E-state index contributed by atoms with van der Waals surface area (Å²) < 4.78 is 26.5. The van der Waals surface area contributed by atoms with Gasteiger partial charge in [0.2, 0.25) is 10.0 Å². The summed E-state index contributed by atoms with van der Waals surface area (Å²) in [6.07, 6.45) is 4.56. The van der Waals surface area contributed by atoms with Crippen molar-refractivity contribution in [3.05, 3.63) is 24.3 Å². The summed E-state index contributed by atoms with van der Waals surface area (Å²) in [6, 6.07) is 0.183. The molecule has 0 spiro atoms. The van der Waals surface area contributed by atoms with Crippen LogP contribution in [0.4, 0.5) is 0 Å². The van der Waals surface area contributed by atoms with E-state index in [4.69, 9.17) is 0 Å². The standard InChI is InChI=1S/C11H18N4O2S/c1-9-8-15(6-5-13-9)18(16,17)10(2)11-7-12-3-4-14-11/h3-4,7,9-10,13H,5-6,8H2,1-2H3. The molecule has 6 nitrogen and oxygen atoms in total. The average Bonchev–Trinajstić information content (AvgIpc) is 2.39. The number of nitrogens with zero attached hydrogens (tertiary/aromatic N) is 3. The lowest BCUT2D eigenvalue weighted by atomic mass is 10.3. The smallest absolute Gasteiger partial charge is 0.222 e. The number of nitrogens with one attached hydrogen (secondary N) is 1. The van der Waals surface area contributed by atoms with Crippen LogP contribution in [0.5, 0.6) is 0 Å². The maximum absolute atomic E-state index is 12.5. The largest absolute Gasteiger partial charge is 0.312 e. The molecule has 2 atom stereocenters. The van der Waals surface area contributed by atoms with Crippen LogP contribution in [0, 0.1) is 0 Å². The van der Waals surface area contributed by atoms with E-state index in [-0.39, 0.29) is 6.04 Å². The molecule has 1 aliphatic heterocycles. The van der Waals surface area contributed by atoms with E-state index < -0.39 is 15.3 Å². The molecule has 0 amide bonds. The van der Waals surface area contributed by atoms with Crippen LogP contribution in [0.1, 0.15) is 24.8 Å². The van der Waals surface area contributed by atoms with Gasteiger partial charge in [-0.3, -0.25) is 9.97 Å². The van der Waals surface area contributed by atoms with Gasteiger partial charge in [-0.05, 0) is 13.8 Å². The third-order valence-corrected chi connectivity index (χ3v) is 5.32. The second-order valence-corrected chi connectivity index (χ2v) is 6.78. The molecule has 1 aliphatic rings. The lowest BCUT2D eigenvalue weighted by molar-refractivity contribution is 0.307. The molecule has 0 bridgehead atoms. The molecule has 0 aromatic carbocycles. The lowest BCUT2D eigenvalue weighted by Gasteiger charge is -2.32. The Morgan fingerprint density at radius 2 is 2.28 bits per heavy atom. The number of aromatic nitrogens is 2. The molecule has 1 N–H and O–H groups in total. The Morgan fingerprint density at radius 3 is 2.89 bits per heavy atom. The molecule has 1 saturated heterocycles. The van der Waals surface area contributed by atoms with Crippen LogP contribution in [0.2, 0.25) is 0 Å². The van der Waals surface area contributed by atoms with E-state index in [1.807, 2.05) is 6.92 Å². The fourth-order valence-electron chi connectivity index (χ4n) is 2.02. The van der Waals surface area contributed by atoms with Gasteiger partial charge in [-0.15, -0.1) is 0 Å². The minimum absolute atomic E-state index is 0.183. The summed E-state index contributed by atoms with van der Waals surface area (Å²) in [7, 11) is -3.36. The summed E-state index contributed by atoms with van der Waals surface area (Å²) in [5.74, 6) is 0. The van der Waals surface area contributed by atoms with Crippen LogP contribution >= 0.6 is 0 Å². The van der Waals surface area contributed by atoms with Crippen LogP contribution in [0.25, 0.3) is 0 Å². The van der Waals surface area contributed by atoms with Gasteiger partial charge < -0.3 is 5.32 Å². The van der Waals surface area contributed by atoms with Crippen molar-refractivity contribution < 1.29 is 8.42 Å². The second kappa shape index (κ2) is 5.29. The quantitative estimate of drug-likeness (QED) is 0.847. The summed E-state index contributed by atoms with van der Waals surface area (Å²) in [5, 5.41) is 2.57. The summed E-state index contributed by atoms with van der Waals surface area (Å²) in [5.41, 5.74) is 0.490. The first-order valence-electron chi connectivity index (χ1n) is 6.00. The van der Waals surface area contributed by atoms with Crippen molar-refractivity contribution in [1.82, 2.24) is 19.6 Å². The van der Waals surface area contributed by atoms with Gasteiger partial charge in [0.15, 0.2) is 0 Å². The molecule has 18 heavy (non-hydrogen) atoms. The average molecular weight is 270 g/mol. The van der Waals surface area contributed by atoms with Gasteiger partial charge in [0, 0.05) is 44.3 Å². The van der Waals surface area contributed by atoms with Crippen molar-refractivity contribution in [2.45, 2.75) is 25.1 Å². The summed E-state index contributed by atoms with van der Waals surface area (Å²) in [4.78, 5) is 8.00. The van der Waals surface area contributed by atoms with E-state index in [2.05, 4.69) is 15.3 Å². The topological polar surface area (TPSA) is 75.2 Å². The molecule has 1 fully saturated rings. The van der Waals surface area contributed by atoms with Gasteiger partial charge in [-0.1, -0.05) is 0 Å². The maximum Gasteiger partial charge on any atom is 0.222 e. The molecule has 1 aromatic heterocycles. The molecule has 0 radical (unpaired) electrons. The van der Waals surface area contributed by atoms with Crippen molar-refractivity contribution in [2.24, 2.45) is 0 Å². The van der Waals surface area contributed by atoms with Crippen LogP contribution in [0.3, 0.4) is 0 Å². The minimum Gasteiger partial charge on any atom is -0.312 e. The molecular weight excluding hydrogens is 252 g/mol. The van der Waals surface area contributed by atoms with E-state index >= 15 is 0 Å². The molecule has 2 unspecified atom stereocenters. The number of hydrogen-bond acceptors (Lipinski definition) is 5. The lowest BCUT2D eigenvalue weighted by Crippen LogP contribution is -2.52. The van der Waals surface area contributed by atoms with Gasteiger partial charge in [0.05, 0.1) is 5.69 Å². The van der Waals surface area contributed by atoms with Crippen LogP contribution in [-0.4, -0.2) is 48.4 Å². The molecule has 2 heterocycles. The van der Waals surface area contributed by atoms with Crippen molar-refractivity contribution in [2.75, 3.05) is 19.6 Å². The third kappa shape index (κ3) is 2.68. The van der Waals surface area contributed by atoms with E-state index in [9.17, 15) is 8.42 Å². The highest BCUT2D eigenvalue weighted by molar-refractivity contribution is 7.89. The van der Waals surface area contributed by atoms with Crippen molar-refractivity contribution in [3.63, 3.8) is 0 Å². The van der Waals surface area contributed by atoms with E-state index in [1.165, 1.54) is 22.9 Å². The Labute approximate surface area is 107 Å². The van der Waals surface area contributed by atoms with Crippen LogP contribution < -0.4 is 5.32 Å². The van der Waals surface area contributed by atoms with Gasteiger partial charge in [-0.25, -0.2) is 8.42 Å². The molecule has 100 valence electrons. The first-order chi connectivity index (χ1) is 8.51. The van der Waals surface area contributed by atoms with E-state index in [0.717, 1.165) is 0 Å². The zero-order valence-electron chi connectivity index (χ0n) is 10.6. The number of piperazine rings is 1. The van der Waals surface area contributed by atoms with Gasteiger partial charge in [0.25, 0.3) is 0 Å². The molecule has 7 heteroatoms. The van der Waals surface area contributed by atoms with Crippen molar-refractivity contribution in [1.29, 1.82) is 0 Å². The highest BCUT2D eigenvalue weighted by atomic mass is 32.2. The van der Waals surface area contributed by atoms with Crippen LogP contribution in [0.15, 0.2) is 18.6 Å². The van der Waals surface area contributed by atoms with E-state index in [1.54, 1.807) is 6.92 Å². The Bertz CT molecular complexity index is 491. The van der Waals surface area contributed by atoms with E-state index in [0.29, 0.717) is 25.3 Å². The maximum atomic E-state index is 12.5. The molecule has 1 aromatic rings. The van der Waals surface area contributed by atoms with Gasteiger partial charge in [0.1, 0.15) is 5.25 Å². The molecule has 0 saturated carbocycles. The zero-order valence-corrected chi connectivity index (χ0v) is 11.4. The predicted molar refractivity (Wildman–Crippen MR) is 68.4 cm³/mol.